The van der Waals surface area contributed by atoms with Crippen molar-refractivity contribution in [1.29, 1.82) is 0 Å². The Balaban J connectivity index is 0.00000141. The van der Waals surface area contributed by atoms with Gasteiger partial charge in [0.2, 0.25) is 0 Å². The van der Waals surface area contributed by atoms with Crippen molar-refractivity contribution in [3.05, 3.63) is 108 Å². The first-order valence-electron chi connectivity index (χ1n) is 16.2. The van der Waals surface area contributed by atoms with Gasteiger partial charge in [0.25, 0.3) is 0 Å². The molecule has 0 spiro atoms. The van der Waals surface area contributed by atoms with E-state index in [-0.39, 0.29) is 6.10 Å². The van der Waals surface area contributed by atoms with Crippen LogP contribution < -0.4 is 0 Å². The normalized spacial score (nSPS) is 22.6. The minimum atomic E-state index is -0.0375. The Labute approximate surface area is 252 Å². The van der Waals surface area contributed by atoms with Crippen LogP contribution in [-0.2, 0) is 4.74 Å². The Morgan fingerprint density at radius 1 is 0.561 bits per heavy atom. The van der Waals surface area contributed by atoms with E-state index in [2.05, 4.69) is 142 Å². The highest BCUT2D eigenvalue weighted by Crippen LogP contribution is 2.32. The Kier molecular flexibility index (Phi) is 15.4. The lowest BCUT2D eigenvalue weighted by Crippen LogP contribution is -2.66. The average Bonchev–Trinajstić information content (AvgIpc) is 3.04. The molecule has 3 aromatic rings. The van der Waals surface area contributed by atoms with Gasteiger partial charge in [-0.3, -0.25) is 9.80 Å². The summed E-state index contributed by atoms with van der Waals surface area (Å²) in [5.41, 5.74) is 3.87. The van der Waals surface area contributed by atoms with Crippen LogP contribution in [0.3, 0.4) is 0 Å². The maximum atomic E-state index is 6.60. The van der Waals surface area contributed by atoms with Crippen molar-refractivity contribution in [2.45, 2.75) is 105 Å². The van der Waals surface area contributed by atoms with Crippen molar-refractivity contribution in [2.24, 2.45) is 5.92 Å². The monoisotopic (exact) mass is 558 g/mol. The molecule has 226 valence electrons. The van der Waals surface area contributed by atoms with Gasteiger partial charge < -0.3 is 4.74 Å². The molecule has 0 bridgehead atoms. The third kappa shape index (κ3) is 9.26. The first-order chi connectivity index (χ1) is 19.9. The smallest absolute Gasteiger partial charge is 0.108 e. The van der Waals surface area contributed by atoms with E-state index in [0.717, 1.165) is 13.1 Å². The van der Waals surface area contributed by atoms with Crippen LogP contribution >= 0.6 is 0 Å². The van der Waals surface area contributed by atoms with Crippen molar-refractivity contribution < 1.29 is 4.74 Å². The third-order valence-corrected chi connectivity index (χ3v) is 9.01. The predicted octanol–water partition coefficient (Wildman–Crippen LogP) is 9.46. The molecule has 0 N–H and O–H groups in total. The molecule has 0 aliphatic carbocycles. The predicted molar refractivity (Wildman–Crippen MR) is 179 cm³/mol. The molecule has 41 heavy (non-hydrogen) atoms. The first kappa shape index (κ1) is 34.7. The number of hydrogen-bond donors (Lipinski definition) is 0. The third-order valence-electron chi connectivity index (χ3n) is 9.01. The molecule has 3 aromatic carbocycles. The molecular formula is C38H58N2O. The van der Waals surface area contributed by atoms with E-state index in [4.69, 9.17) is 4.74 Å². The minimum absolute atomic E-state index is 0.0375. The molecule has 6 unspecified atom stereocenters. The molecule has 6 atom stereocenters. The number of benzene rings is 3. The fraction of sp³-hybridized carbons (Fsp3) is 0.526. The second kappa shape index (κ2) is 18.2. The molecule has 0 saturated carbocycles. The van der Waals surface area contributed by atoms with Gasteiger partial charge in [0.1, 0.15) is 6.10 Å². The van der Waals surface area contributed by atoms with Gasteiger partial charge in [-0.25, -0.2) is 0 Å². The van der Waals surface area contributed by atoms with Crippen molar-refractivity contribution in [3.8, 4) is 0 Å². The SMILES string of the molecule is CC.CC.CC(CN1C(C)C(C)N(CCOC(c2ccccc2)c2ccccc2)C(C)C1C)C(C)c1ccccc1. The summed E-state index contributed by atoms with van der Waals surface area (Å²) in [6, 6.07) is 34.1. The van der Waals surface area contributed by atoms with Crippen LogP contribution in [-0.4, -0.2) is 53.7 Å². The van der Waals surface area contributed by atoms with E-state index < -0.39 is 0 Å². The Morgan fingerprint density at radius 2 is 0.927 bits per heavy atom. The quantitative estimate of drug-likeness (QED) is 0.246. The molecule has 3 nitrogen and oxygen atoms in total. The van der Waals surface area contributed by atoms with Gasteiger partial charge in [-0.05, 0) is 56.2 Å². The molecule has 1 heterocycles. The van der Waals surface area contributed by atoms with Gasteiger partial charge in [0, 0.05) is 37.3 Å². The zero-order valence-electron chi connectivity index (χ0n) is 27.6. The van der Waals surface area contributed by atoms with Gasteiger partial charge in [0.05, 0.1) is 6.61 Å². The van der Waals surface area contributed by atoms with E-state index in [0.29, 0.717) is 42.6 Å². The number of nitrogens with zero attached hydrogens (tertiary/aromatic N) is 2. The van der Waals surface area contributed by atoms with E-state index in [1.54, 1.807) is 0 Å². The van der Waals surface area contributed by atoms with Gasteiger partial charge in [-0.2, -0.15) is 0 Å². The zero-order chi connectivity index (χ0) is 30.4. The van der Waals surface area contributed by atoms with Crippen LogP contribution in [0.1, 0.15) is 97.9 Å². The Bertz CT molecular complexity index is 1000. The highest BCUT2D eigenvalue weighted by Gasteiger charge is 2.40. The zero-order valence-corrected chi connectivity index (χ0v) is 27.6. The van der Waals surface area contributed by atoms with Crippen molar-refractivity contribution in [1.82, 2.24) is 9.80 Å². The fourth-order valence-corrected chi connectivity index (χ4v) is 6.08. The van der Waals surface area contributed by atoms with E-state index in [9.17, 15) is 0 Å². The van der Waals surface area contributed by atoms with Gasteiger partial charge in [-0.15, -0.1) is 0 Å². The number of ether oxygens (including phenoxy) is 1. The highest BCUT2D eigenvalue weighted by molar-refractivity contribution is 5.30. The van der Waals surface area contributed by atoms with Gasteiger partial charge in [-0.1, -0.05) is 133 Å². The second-order valence-electron chi connectivity index (χ2n) is 11.1. The summed E-state index contributed by atoms with van der Waals surface area (Å²) in [7, 11) is 0. The van der Waals surface area contributed by atoms with Crippen LogP contribution in [0.2, 0.25) is 0 Å². The van der Waals surface area contributed by atoms with Crippen molar-refractivity contribution in [2.75, 3.05) is 19.7 Å². The van der Waals surface area contributed by atoms with E-state index >= 15 is 0 Å². The number of piperazine rings is 1. The summed E-state index contributed by atoms with van der Waals surface area (Å²) in [5, 5.41) is 0. The minimum Gasteiger partial charge on any atom is -0.367 e. The summed E-state index contributed by atoms with van der Waals surface area (Å²) in [5.74, 6) is 1.14. The lowest BCUT2D eigenvalue weighted by Gasteiger charge is -2.53. The van der Waals surface area contributed by atoms with Crippen molar-refractivity contribution in [3.63, 3.8) is 0 Å². The average molecular weight is 559 g/mol. The number of rotatable bonds is 10. The van der Waals surface area contributed by atoms with E-state index in [1.165, 1.54) is 16.7 Å². The summed E-state index contributed by atoms with van der Waals surface area (Å²) >= 11 is 0. The number of hydrogen-bond acceptors (Lipinski definition) is 3. The fourth-order valence-electron chi connectivity index (χ4n) is 6.08. The molecule has 4 rings (SSSR count). The standard InChI is InChI=1S/C34H46N2O.2C2H6/c1-25(26(2)31-16-10-7-11-17-31)24-36-29(5)27(3)35(28(4)30(36)6)22-23-37-34(32-18-12-8-13-19-32)33-20-14-9-15-21-33;2*1-2/h7-21,25-30,34H,22-24H2,1-6H3;2*1-2H3. The molecule has 1 aliphatic heterocycles. The highest BCUT2D eigenvalue weighted by atomic mass is 16.5. The van der Waals surface area contributed by atoms with Crippen molar-refractivity contribution >= 4 is 0 Å². The topological polar surface area (TPSA) is 15.7 Å². The van der Waals surface area contributed by atoms with E-state index in [1.807, 2.05) is 27.7 Å². The molecule has 0 radical (unpaired) electrons. The van der Waals surface area contributed by atoms with Crippen LogP contribution in [0.4, 0.5) is 0 Å². The lowest BCUT2D eigenvalue weighted by molar-refractivity contribution is -0.0605. The molecule has 0 aromatic heterocycles. The molecular weight excluding hydrogens is 500 g/mol. The summed E-state index contributed by atoms with van der Waals surface area (Å²) in [6.45, 7) is 25.2. The van der Waals surface area contributed by atoms with Crippen LogP contribution in [0.15, 0.2) is 91.0 Å². The molecule has 1 fully saturated rings. The first-order valence-corrected chi connectivity index (χ1v) is 16.2. The maximum Gasteiger partial charge on any atom is 0.108 e. The van der Waals surface area contributed by atoms with Gasteiger partial charge >= 0.3 is 0 Å². The summed E-state index contributed by atoms with van der Waals surface area (Å²) in [4.78, 5) is 5.43. The molecule has 0 amide bonds. The second-order valence-corrected chi connectivity index (χ2v) is 11.1. The Morgan fingerprint density at radius 3 is 1.34 bits per heavy atom. The van der Waals surface area contributed by atoms with Crippen LogP contribution in [0, 0.1) is 5.92 Å². The molecule has 1 aliphatic rings. The molecule has 3 heteroatoms. The largest absolute Gasteiger partial charge is 0.367 e. The van der Waals surface area contributed by atoms with Crippen LogP contribution in [0.5, 0.6) is 0 Å². The summed E-state index contributed by atoms with van der Waals surface area (Å²) < 4.78 is 6.60. The summed E-state index contributed by atoms with van der Waals surface area (Å²) in [6.07, 6.45) is -0.0375. The Hall–Kier alpha value is -2.46. The lowest BCUT2D eigenvalue weighted by atomic mass is 9.86. The molecule has 1 saturated heterocycles. The maximum absolute atomic E-state index is 6.60. The van der Waals surface area contributed by atoms with Gasteiger partial charge in [0.15, 0.2) is 0 Å². The van der Waals surface area contributed by atoms with Crippen LogP contribution in [0.25, 0.3) is 0 Å².